The summed E-state index contributed by atoms with van der Waals surface area (Å²) in [6, 6.07) is 5.49. The molecule has 0 radical (unpaired) electrons. The monoisotopic (exact) mass is 243 g/mol. The molecule has 0 atom stereocenters. The van der Waals surface area contributed by atoms with Crippen molar-refractivity contribution in [3.63, 3.8) is 0 Å². The molecule has 5 heteroatoms. The van der Waals surface area contributed by atoms with Crippen molar-refractivity contribution in [2.45, 2.75) is 32.8 Å². The van der Waals surface area contributed by atoms with Crippen molar-refractivity contribution in [1.29, 1.82) is 0 Å². The Morgan fingerprint density at radius 2 is 2.00 bits per heavy atom. The summed E-state index contributed by atoms with van der Waals surface area (Å²) in [5.74, 6) is 0. The fourth-order valence-electron chi connectivity index (χ4n) is 1.17. The standard InChI is InChI=1S/C12H15F2NO2/c1-12(2,3)17-11(16)15-9-6-4-5-8(7-9)10(13)14/h4-7,10H,1-3H3,(H,15,16). The molecule has 0 aliphatic carbocycles. The van der Waals surface area contributed by atoms with E-state index in [-0.39, 0.29) is 11.3 Å². The number of carbonyl (C=O) groups is 1. The van der Waals surface area contributed by atoms with E-state index >= 15 is 0 Å². The van der Waals surface area contributed by atoms with Crippen LogP contribution in [0.1, 0.15) is 32.8 Å². The lowest BCUT2D eigenvalue weighted by Crippen LogP contribution is -2.27. The van der Waals surface area contributed by atoms with Gasteiger partial charge in [-0.25, -0.2) is 13.6 Å². The Morgan fingerprint density at radius 3 is 2.53 bits per heavy atom. The minimum absolute atomic E-state index is 0.140. The molecule has 0 aliphatic rings. The number of rotatable bonds is 2. The number of amides is 1. The van der Waals surface area contributed by atoms with Gasteiger partial charge in [0.05, 0.1) is 0 Å². The van der Waals surface area contributed by atoms with Gasteiger partial charge in [0.1, 0.15) is 5.60 Å². The van der Waals surface area contributed by atoms with Crippen LogP contribution in [0, 0.1) is 0 Å². The van der Waals surface area contributed by atoms with Crippen molar-refractivity contribution >= 4 is 11.8 Å². The number of halogens is 2. The first-order chi connectivity index (χ1) is 7.78. The van der Waals surface area contributed by atoms with E-state index in [9.17, 15) is 13.6 Å². The van der Waals surface area contributed by atoms with E-state index in [1.54, 1.807) is 20.8 Å². The minimum Gasteiger partial charge on any atom is -0.444 e. The number of anilines is 1. The number of benzene rings is 1. The van der Waals surface area contributed by atoms with Gasteiger partial charge >= 0.3 is 6.09 Å². The average molecular weight is 243 g/mol. The third kappa shape index (κ3) is 4.80. The Kier molecular flexibility index (Phi) is 4.04. The second kappa shape index (κ2) is 5.12. The SMILES string of the molecule is CC(C)(C)OC(=O)Nc1cccc(C(F)F)c1. The number of hydrogen-bond acceptors (Lipinski definition) is 2. The van der Waals surface area contributed by atoms with Crippen molar-refractivity contribution < 1.29 is 18.3 Å². The first-order valence-electron chi connectivity index (χ1n) is 5.16. The maximum Gasteiger partial charge on any atom is 0.412 e. The molecule has 0 bridgehead atoms. The first-order valence-corrected chi connectivity index (χ1v) is 5.16. The van der Waals surface area contributed by atoms with Gasteiger partial charge in [0.2, 0.25) is 0 Å². The highest BCUT2D eigenvalue weighted by molar-refractivity contribution is 5.84. The maximum absolute atomic E-state index is 12.4. The summed E-state index contributed by atoms with van der Waals surface area (Å²) in [7, 11) is 0. The number of ether oxygens (including phenoxy) is 1. The van der Waals surface area contributed by atoms with E-state index in [0.717, 1.165) is 0 Å². The topological polar surface area (TPSA) is 38.3 Å². The molecule has 0 spiro atoms. The average Bonchev–Trinajstić information content (AvgIpc) is 2.14. The largest absolute Gasteiger partial charge is 0.444 e. The molecule has 1 aromatic rings. The van der Waals surface area contributed by atoms with Gasteiger partial charge in [-0.05, 0) is 32.9 Å². The number of alkyl halides is 2. The van der Waals surface area contributed by atoms with Gasteiger partial charge < -0.3 is 4.74 Å². The van der Waals surface area contributed by atoms with Crippen LogP contribution in [-0.4, -0.2) is 11.7 Å². The van der Waals surface area contributed by atoms with Gasteiger partial charge in [-0.15, -0.1) is 0 Å². The first kappa shape index (κ1) is 13.4. The zero-order valence-electron chi connectivity index (χ0n) is 9.96. The van der Waals surface area contributed by atoms with Crippen LogP contribution >= 0.6 is 0 Å². The molecule has 94 valence electrons. The summed E-state index contributed by atoms with van der Waals surface area (Å²) < 4.78 is 29.8. The van der Waals surface area contributed by atoms with Crippen LogP contribution in [0.15, 0.2) is 24.3 Å². The van der Waals surface area contributed by atoms with Crippen LogP contribution < -0.4 is 5.32 Å². The minimum atomic E-state index is -2.56. The second-order valence-electron chi connectivity index (χ2n) is 4.55. The van der Waals surface area contributed by atoms with Crippen molar-refractivity contribution in [3.8, 4) is 0 Å². The molecule has 3 nitrogen and oxygen atoms in total. The number of hydrogen-bond donors (Lipinski definition) is 1. The summed E-state index contributed by atoms with van der Waals surface area (Å²) in [5.41, 5.74) is -0.472. The normalized spacial score (nSPS) is 11.4. The molecule has 0 saturated heterocycles. The fourth-order valence-corrected chi connectivity index (χ4v) is 1.17. The Morgan fingerprint density at radius 1 is 1.35 bits per heavy atom. The molecule has 0 saturated carbocycles. The van der Waals surface area contributed by atoms with E-state index in [1.807, 2.05) is 0 Å². The molecule has 0 aromatic heterocycles. The summed E-state index contributed by atoms with van der Waals surface area (Å²) >= 11 is 0. The predicted octanol–water partition coefficient (Wildman–Crippen LogP) is 3.97. The maximum atomic E-state index is 12.4. The molecular formula is C12H15F2NO2. The highest BCUT2D eigenvalue weighted by atomic mass is 19.3. The molecule has 1 aromatic carbocycles. The molecular weight excluding hydrogens is 228 g/mol. The highest BCUT2D eigenvalue weighted by Crippen LogP contribution is 2.22. The number of nitrogens with one attached hydrogen (secondary N) is 1. The quantitative estimate of drug-likeness (QED) is 0.853. The van der Waals surface area contributed by atoms with Crippen molar-refractivity contribution in [2.24, 2.45) is 0 Å². The van der Waals surface area contributed by atoms with E-state index in [0.29, 0.717) is 0 Å². The molecule has 1 rings (SSSR count). The van der Waals surface area contributed by atoms with Crippen LogP contribution in [0.25, 0.3) is 0 Å². The zero-order valence-corrected chi connectivity index (χ0v) is 9.96. The third-order valence-corrected chi connectivity index (χ3v) is 1.78. The van der Waals surface area contributed by atoms with Gasteiger partial charge in [-0.2, -0.15) is 0 Å². The van der Waals surface area contributed by atoms with Crippen LogP contribution in [0.5, 0.6) is 0 Å². The Bertz CT molecular complexity index is 400. The Balaban J connectivity index is 2.69. The van der Waals surface area contributed by atoms with Crippen LogP contribution in [0.3, 0.4) is 0 Å². The van der Waals surface area contributed by atoms with Gasteiger partial charge in [0.15, 0.2) is 0 Å². The summed E-state index contributed by atoms with van der Waals surface area (Å²) in [6.45, 7) is 5.17. The molecule has 0 fully saturated rings. The smallest absolute Gasteiger partial charge is 0.412 e. The molecule has 1 N–H and O–H groups in total. The van der Waals surface area contributed by atoms with Gasteiger partial charge in [-0.3, -0.25) is 5.32 Å². The molecule has 0 aliphatic heterocycles. The van der Waals surface area contributed by atoms with Crippen molar-refractivity contribution in [3.05, 3.63) is 29.8 Å². The number of carbonyl (C=O) groups excluding carboxylic acids is 1. The lowest BCUT2D eigenvalue weighted by atomic mass is 10.2. The summed E-state index contributed by atoms with van der Waals surface area (Å²) in [6.07, 6.45) is -3.22. The molecule has 0 unspecified atom stereocenters. The van der Waals surface area contributed by atoms with Gasteiger partial charge in [0, 0.05) is 11.3 Å². The molecule has 0 heterocycles. The van der Waals surface area contributed by atoms with Gasteiger partial charge in [0.25, 0.3) is 6.43 Å². The Hall–Kier alpha value is -1.65. The van der Waals surface area contributed by atoms with Crippen LogP contribution in [0.2, 0.25) is 0 Å². The van der Waals surface area contributed by atoms with Crippen molar-refractivity contribution in [1.82, 2.24) is 0 Å². The summed E-state index contributed by atoms with van der Waals surface area (Å²) in [5, 5.41) is 2.40. The highest BCUT2D eigenvalue weighted by Gasteiger charge is 2.16. The zero-order chi connectivity index (χ0) is 13.1. The van der Waals surface area contributed by atoms with E-state index < -0.39 is 18.1 Å². The lowest BCUT2D eigenvalue weighted by Gasteiger charge is -2.19. The van der Waals surface area contributed by atoms with E-state index in [4.69, 9.17) is 4.74 Å². The van der Waals surface area contributed by atoms with Crippen molar-refractivity contribution in [2.75, 3.05) is 5.32 Å². The third-order valence-electron chi connectivity index (χ3n) is 1.78. The fraction of sp³-hybridized carbons (Fsp3) is 0.417. The van der Waals surface area contributed by atoms with Gasteiger partial charge in [-0.1, -0.05) is 12.1 Å². The van der Waals surface area contributed by atoms with E-state index in [1.165, 1.54) is 24.3 Å². The van der Waals surface area contributed by atoms with Crippen LogP contribution in [0.4, 0.5) is 19.3 Å². The molecule has 17 heavy (non-hydrogen) atoms. The second-order valence-corrected chi connectivity index (χ2v) is 4.55. The summed E-state index contributed by atoms with van der Waals surface area (Å²) in [4.78, 5) is 11.4. The Labute approximate surface area is 98.8 Å². The lowest BCUT2D eigenvalue weighted by molar-refractivity contribution is 0.0635. The predicted molar refractivity (Wildman–Crippen MR) is 61.3 cm³/mol. The van der Waals surface area contributed by atoms with E-state index in [2.05, 4.69) is 5.32 Å². The van der Waals surface area contributed by atoms with Crippen LogP contribution in [-0.2, 0) is 4.74 Å². The molecule has 1 amide bonds.